The van der Waals surface area contributed by atoms with Crippen LogP contribution in [0.5, 0.6) is 0 Å². The quantitative estimate of drug-likeness (QED) is 0.700. The molecule has 0 aromatic carbocycles. The number of rotatable bonds is 2. The molecule has 0 spiro atoms. The topological polar surface area (TPSA) is 25.8 Å². The van der Waals surface area contributed by atoms with E-state index in [1.807, 2.05) is 30.7 Å². The molecule has 14 heavy (non-hydrogen) atoms. The molecule has 2 aromatic heterocycles. The SMILES string of the molecule is CSc1ccc(-c2ccncc2)nc1. The van der Waals surface area contributed by atoms with E-state index in [2.05, 4.69) is 16.0 Å². The number of hydrogen-bond donors (Lipinski definition) is 0. The first kappa shape index (κ1) is 9.21. The van der Waals surface area contributed by atoms with Crippen LogP contribution in [0.15, 0.2) is 47.8 Å². The maximum absolute atomic E-state index is 4.37. The number of thioether (sulfide) groups is 1. The van der Waals surface area contributed by atoms with Crippen molar-refractivity contribution in [1.82, 2.24) is 9.97 Å². The number of hydrogen-bond acceptors (Lipinski definition) is 3. The summed E-state index contributed by atoms with van der Waals surface area (Å²) in [7, 11) is 0. The van der Waals surface area contributed by atoms with E-state index in [4.69, 9.17) is 0 Å². The molecule has 0 atom stereocenters. The van der Waals surface area contributed by atoms with E-state index in [-0.39, 0.29) is 0 Å². The van der Waals surface area contributed by atoms with Crippen LogP contribution in [0.2, 0.25) is 0 Å². The van der Waals surface area contributed by atoms with Gasteiger partial charge < -0.3 is 0 Å². The highest BCUT2D eigenvalue weighted by Gasteiger charge is 1.97. The number of nitrogens with zero attached hydrogens (tertiary/aromatic N) is 2. The van der Waals surface area contributed by atoms with E-state index in [0.29, 0.717) is 0 Å². The van der Waals surface area contributed by atoms with Crippen molar-refractivity contribution in [2.45, 2.75) is 4.90 Å². The Kier molecular flexibility index (Phi) is 2.79. The van der Waals surface area contributed by atoms with Crippen LogP contribution in [0.4, 0.5) is 0 Å². The fourth-order valence-corrected chi connectivity index (χ4v) is 1.56. The molecule has 0 aliphatic carbocycles. The Morgan fingerprint density at radius 3 is 2.43 bits per heavy atom. The number of aromatic nitrogens is 2. The predicted molar refractivity (Wildman–Crippen MR) is 59.2 cm³/mol. The second-order valence-electron chi connectivity index (χ2n) is 2.82. The van der Waals surface area contributed by atoms with Crippen molar-refractivity contribution < 1.29 is 0 Å². The van der Waals surface area contributed by atoms with Crippen molar-refractivity contribution in [3.63, 3.8) is 0 Å². The van der Waals surface area contributed by atoms with Gasteiger partial charge in [-0.3, -0.25) is 9.97 Å². The van der Waals surface area contributed by atoms with Gasteiger partial charge in [-0.1, -0.05) is 0 Å². The van der Waals surface area contributed by atoms with Gasteiger partial charge in [0.25, 0.3) is 0 Å². The largest absolute Gasteiger partial charge is 0.265 e. The molecule has 0 bridgehead atoms. The molecule has 0 saturated heterocycles. The van der Waals surface area contributed by atoms with Gasteiger partial charge in [-0.15, -0.1) is 11.8 Å². The minimum Gasteiger partial charge on any atom is -0.265 e. The van der Waals surface area contributed by atoms with Gasteiger partial charge >= 0.3 is 0 Å². The van der Waals surface area contributed by atoms with Crippen LogP contribution in [-0.4, -0.2) is 16.2 Å². The van der Waals surface area contributed by atoms with Crippen LogP contribution >= 0.6 is 11.8 Å². The lowest BCUT2D eigenvalue weighted by atomic mass is 10.2. The molecule has 2 heterocycles. The summed E-state index contributed by atoms with van der Waals surface area (Å²) in [4.78, 5) is 9.53. The Morgan fingerprint density at radius 2 is 1.86 bits per heavy atom. The maximum atomic E-state index is 4.37. The monoisotopic (exact) mass is 202 g/mol. The summed E-state index contributed by atoms with van der Waals surface area (Å²) in [5.74, 6) is 0. The molecular formula is C11H10N2S. The van der Waals surface area contributed by atoms with E-state index < -0.39 is 0 Å². The highest BCUT2D eigenvalue weighted by atomic mass is 32.2. The van der Waals surface area contributed by atoms with Crippen molar-refractivity contribution in [3.8, 4) is 11.3 Å². The molecular weight excluding hydrogens is 192 g/mol. The molecule has 0 unspecified atom stereocenters. The molecule has 0 saturated carbocycles. The lowest BCUT2D eigenvalue weighted by molar-refractivity contribution is 1.23. The average Bonchev–Trinajstić information content (AvgIpc) is 2.30. The molecule has 0 fully saturated rings. The molecule has 0 aliphatic rings. The van der Waals surface area contributed by atoms with E-state index in [1.165, 1.54) is 4.90 Å². The summed E-state index contributed by atoms with van der Waals surface area (Å²) in [5, 5.41) is 0. The third kappa shape index (κ3) is 1.93. The van der Waals surface area contributed by atoms with E-state index in [9.17, 15) is 0 Å². The van der Waals surface area contributed by atoms with Crippen molar-refractivity contribution >= 4 is 11.8 Å². The summed E-state index contributed by atoms with van der Waals surface area (Å²) in [6.45, 7) is 0. The summed E-state index contributed by atoms with van der Waals surface area (Å²) in [6, 6.07) is 8.02. The summed E-state index contributed by atoms with van der Waals surface area (Å²) >= 11 is 1.70. The molecule has 0 aliphatic heterocycles. The Balaban J connectivity index is 2.34. The second-order valence-corrected chi connectivity index (χ2v) is 3.70. The molecule has 0 radical (unpaired) electrons. The Labute approximate surface area is 87.4 Å². The Bertz CT molecular complexity index is 397. The van der Waals surface area contributed by atoms with Gasteiger partial charge in [0.2, 0.25) is 0 Å². The molecule has 0 N–H and O–H groups in total. The number of pyridine rings is 2. The smallest absolute Gasteiger partial charge is 0.0703 e. The van der Waals surface area contributed by atoms with Crippen LogP contribution in [0.3, 0.4) is 0 Å². The van der Waals surface area contributed by atoms with Gasteiger partial charge in [0, 0.05) is 29.0 Å². The van der Waals surface area contributed by atoms with Crippen LogP contribution in [0.25, 0.3) is 11.3 Å². The predicted octanol–water partition coefficient (Wildman–Crippen LogP) is 2.87. The van der Waals surface area contributed by atoms with Gasteiger partial charge in [0.1, 0.15) is 0 Å². The first-order valence-corrected chi connectivity index (χ1v) is 5.53. The minimum atomic E-state index is 0.991. The van der Waals surface area contributed by atoms with E-state index in [1.54, 1.807) is 24.2 Å². The van der Waals surface area contributed by atoms with Crippen LogP contribution in [-0.2, 0) is 0 Å². The fourth-order valence-electron chi connectivity index (χ4n) is 1.19. The Hall–Kier alpha value is -1.35. The lowest BCUT2D eigenvalue weighted by Crippen LogP contribution is -1.83. The molecule has 3 heteroatoms. The van der Waals surface area contributed by atoms with Crippen molar-refractivity contribution in [2.24, 2.45) is 0 Å². The standard InChI is InChI=1S/C11H10N2S/c1-14-10-2-3-11(13-8-10)9-4-6-12-7-5-9/h2-8H,1H3. The molecule has 2 rings (SSSR count). The van der Waals surface area contributed by atoms with Crippen molar-refractivity contribution in [3.05, 3.63) is 42.9 Å². The summed E-state index contributed by atoms with van der Waals surface area (Å²) < 4.78 is 0. The molecule has 2 aromatic rings. The Morgan fingerprint density at radius 1 is 1.07 bits per heavy atom. The van der Waals surface area contributed by atoms with Crippen LogP contribution in [0.1, 0.15) is 0 Å². The summed E-state index contributed by atoms with van der Waals surface area (Å²) in [5.41, 5.74) is 2.10. The van der Waals surface area contributed by atoms with E-state index >= 15 is 0 Å². The van der Waals surface area contributed by atoms with Gasteiger partial charge in [0.05, 0.1) is 5.69 Å². The fraction of sp³-hybridized carbons (Fsp3) is 0.0909. The minimum absolute atomic E-state index is 0.991. The normalized spacial score (nSPS) is 10.1. The highest BCUT2D eigenvalue weighted by Crippen LogP contribution is 2.19. The average molecular weight is 202 g/mol. The molecule has 0 amide bonds. The zero-order valence-corrected chi connectivity index (χ0v) is 8.66. The lowest BCUT2D eigenvalue weighted by Gasteiger charge is -2.00. The van der Waals surface area contributed by atoms with Crippen molar-refractivity contribution in [2.75, 3.05) is 6.26 Å². The van der Waals surface area contributed by atoms with Gasteiger partial charge in [-0.25, -0.2) is 0 Å². The first-order valence-electron chi connectivity index (χ1n) is 4.30. The van der Waals surface area contributed by atoms with Crippen molar-refractivity contribution in [1.29, 1.82) is 0 Å². The zero-order valence-electron chi connectivity index (χ0n) is 7.84. The zero-order chi connectivity index (χ0) is 9.80. The third-order valence-electron chi connectivity index (χ3n) is 1.95. The molecule has 2 nitrogen and oxygen atoms in total. The maximum Gasteiger partial charge on any atom is 0.0703 e. The van der Waals surface area contributed by atoms with Crippen LogP contribution < -0.4 is 0 Å². The highest BCUT2D eigenvalue weighted by molar-refractivity contribution is 7.98. The van der Waals surface area contributed by atoms with E-state index in [0.717, 1.165) is 11.3 Å². The van der Waals surface area contributed by atoms with Crippen LogP contribution in [0, 0.1) is 0 Å². The van der Waals surface area contributed by atoms with Gasteiger partial charge in [-0.05, 0) is 30.5 Å². The van der Waals surface area contributed by atoms with Gasteiger partial charge in [0.15, 0.2) is 0 Å². The molecule has 70 valence electrons. The third-order valence-corrected chi connectivity index (χ3v) is 2.66. The van der Waals surface area contributed by atoms with Gasteiger partial charge in [-0.2, -0.15) is 0 Å². The first-order chi connectivity index (χ1) is 6.90. The summed E-state index contributed by atoms with van der Waals surface area (Å²) in [6.07, 6.45) is 7.49. The second kappa shape index (κ2) is 4.24.